The highest BCUT2D eigenvalue weighted by Crippen LogP contribution is 2.36. The summed E-state index contributed by atoms with van der Waals surface area (Å²) in [7, 11) is 0. The fourth-order valence-corrected chi connectivity index (χ4v) is 5.08. The Hall–Kier alpha value is -3.52. The minimum absolute atomic E-state index is 0.265. The minimum Gasteiger partial charge on any atom is -0.457 e. The van der Waals surface area contributed by atoms with Crippen molar-refractivity contribution >= 4 is 44.4 Å². The number of fused-ring (bicyclic) bond motifs is 2. The van der Waals surface area contributed by atoms with Gasteiger partial charge in [-0.15, -0.1) is 0 Å². The van der Waals surface area contributed by atoms with E-state index < -0.39 is 11.9 Å². The van der Waals surface area contributed by atoms with Gasteiger partial charge in [0.25, 0.3) is 0 Å². The number of para-hydroxylation sites is 1. The second kappa shape index (κ2) is 8.20. The van der Waals surface area contributed by atoms with Crippen LogP contribution in [0.5, 0.6) is 11.5 Å². The van der Waals surface area contributed by atoms with E-state index in [1.165, 1.54) is 11.3 Å². The van der Waals surface area contributed by atoms with Crippen LogP contribution in [-0.2, 0) is 14.4 Å². The number of imide groups is 1. The molecule has 3 aromatic rings. The number of allylic oxidation sites excluding steroid dienone is 2. The van der Waals surface area contributed by atoms with Crippen LogP contribution in [0.2, 0.25) is 0 Å². The van der Waals surface area contributed by atoms with Crippen LogP contribution in [0, 0.1) is 11.8 Å². The van der Waals surface area contributed by atoms with Gasteiger partial charge in [-0.1, -0.05) is 41.7 Å². The van der Waals surface area contributed by atoms with Gasteiger partial charge in [0.2, 0.25) is 17.7 Å². The van der Waals surface area contributed by atoms with E-state index in [9.17, 15) is 14.4 Å². The van der Waals surface area contributed by atoms with Gasteiger partial charge in [0.15, 0.2) is 5.13 Å². The third kappa shape index (κ3) is 3.67. The van der Waals surface area contributed by atoms with Crippen LogP contribution in [0.4, 0.5) is 5.13 Å². The van der Waals surface area contributed by atoms with Gasteiger partial charge in [-0.05, 0) is 44.0 Å². The van der Waals surface area contributed by atoms with Crippen LogP contribution < -0.4 is 10.1 Å². The Morgan fingerprint density at radius 2 is 1.75 bits per heavy atom. The van der Waals surface area contributed by atoms with Crippen LogP contribution in [0.25, 0.3) is 10.2 Å². The Kier molecular flexibility index (Phi) is 5.22. The van der Waals surface area contributed by atoms with E-state index in [4.69, 9.17) is 4.74 Å². The Bertz CT molecular complexity index is 1210. The molecule has 0 spiro atoms. The monoisotopic (exact) mass is 447 g/mol. The summed E-state index contributed by atoms with van der Waals surface area (Å²) in [6.07, 6.45) is 4.95. The predicted molar refractivity (Wildman–Crippen MR) is 121 cm³/mol. The van der Waals surface area contributed by atoms with Crippen molar-refractivity contribution in [2.75, 3.05) is 5.32 Å². The van der Waals surface area contributed by atoms with Gasteiger partial charge in [-0.3, -0.25) is 19.3 Å². The predicted octanol–water partition coefficient (Wildman–Crippen LogP) is 4.37. The molecule has 162 valence electrons. The number of nitrogens with zero attached hydrogens (tertiary/aromatic N) is 2. The second-order valence-electron chi connectivity index (χ2n) is 7.93. The molecule has 1 saturated heterocycles. The second-order valence-corrected chi connectivity index (χ2v) is 8.96. The van der Waals surface area contributed by atoms with Crippen molar-refractivity contribution in [3.8, 4) is 11.5 Å². The molecule has 1 fully saturated rings. The Morgan fingerprint density at radius 3 is 2.44 bits per heavy atom. The number of anilines is 1. The number of rotatable bonds is 5. The first kappa shape index (κ1) is 20.4. The number of carbonyl (C=O) groups excluding carboxylic acids is 3. The van der Waals surface area contributed by atoms with Gasteiger partial charge in [0.05, 0.1) is 22.1 Å². The van der Waals surface area contributed by atoms with E-state index in [1.807, 2.05) is 60.7 Å². The van der Waals surface area contributed by atoms with Gasteiger partial charge >= 0.3 is 0 Å². The minimum atomic E-state index is -0.899. The molecule has 7 nitrogen and oxygen atoms in total. The zero-order valence-corrected chi connectivity index (χ0v) is 18.2. The first-order chi connectivity index (χ1) is 15.5. The van der Waals surface area contributed by atoms with Crippen LogP contribution in [-0.4, -0.2) is 33.6 Å². The fraction of sp³-hybridized carbons (Fsp3) is 0.250. The number of hydrogen-bond donors (Lipinski definition) is 1. The van der Waals surface area contributed by atoms with Gasteiger partial charge in [0.1, 0.15) is 17.5 Å². The third-order valence-electron chi connectivity index (χ3n) is 5.88. The fourth-order valence-electron chi connectivity index (χ4n) is 4.18. The largest absolute Gasteiger partial charge is 0.457 e. The molecular weight excluding hydrogens is 426 g/mol. The number of thiazole rings is 1. The smallest absolute Gasteiger partial charge is 0.249 e. The standard InChI is InChI=1S/C24H21N3O4S/c1-14(27-22(29)17-9-5-6-10-18(17)23(27)30)21(28)26-24-25-19-12-11-16(13-20(19)32-24)31-15-7-3-2-4-8-15/h2-8,11-14,17-18H,9-10H2,1H3,(H,25,26,28)/t14-,17-,18+/m0/s1. The zero-order chi connectivity index (χ0) is 22.2. The maximum absolute atomic E-state index is 12.9. The lowest BCUT2D eigenvalue weighted by molar-refractivity contribution is -0.146. The SMILES string of the molecule is C[C@@H](C(=O)Nc1nc2ccc(Oc3ccccc3)cc2s1)N1C(=O)[C@H]2CC=CC[C@H]2C1=O. The van der Waals surface area contributed by atoms with Crippen molar-refractivity contribution in [3.63, 3.8) is 0 Å². The number of hydrogen-bond acceptors (Lipinski definition) is 6. The van der Waals surface area contributed by atoms with Crippen LogP contribution in [0.1, 0.15) is 19.8 Å². The quantitative estimate of drug-likeness (QED) is 0.464. The number of ether oxygens (including phenoxy) is 1. The van der Waals surface area contributed by atoms with Crippen molar-refractivity contribution < 1.29 is 19.1 Å². The number of likely N-dealkylation sites (tertiary alicyclic amines) is 1. The van der Waals surface area contributed by atoms with Crippen molar-refractivity contribution in [2.24, 2.45) is 11.8 Å². The van der Waals surface area contributed by atoms with Gasteiger partial charge in [-0.25, -0.2) is 4.98 Å². The average molecular weight is 448 g/mol. The molecule has 0 bridgehead atoms. The molecule has 3 atom stereocenters. The molecule has 1 aromatic heterocycles. The number of amides is 3. The average Bonchev–Trinajstić information content (AvgIpc) is 3.31. The molecule has 2 heterocycles. The molecule has 0 radical (unpaired) electrons. The normalized spacial score (nSPS) is 21.0. The lowest BCUT2D eigenvalue weighted by Gasteiger charge is -2.21. The van der Waals surface area contributed by atoms with Crippen LogP contribution >= 0.6 is 11.3 Å². The van der Waals surface area contributed by atoms with Crippen LogP contribution in [0.3, 0.4) is 0 Å². The summed E-state index contributed by atoms with van der Waals surface area (Å²) >= 11 is 1.31. The lowest BCUT2D eigenvalue weighted by Crippen LogP contribution is -2.46. The molecule has 5 rings (SSSR count). The van der Waals surface area contributed by atoms with E-state index in [1.54, 1.807) is 6.92 Å². The summed E-state index contributed by atoms with van der Waals surface area (Å²) in [5.41, 5.74) is 0.726. The van der Waals surface area contributed by atoms with Gasteiger partial charge < -0.3 is 10.1 Å². The van der Waals surface area contributed by atoms with Crippen molar-refractivity contribution in [1.29, 1.82) is 0 Å². The van der Waals surface area contributed by atoms with Crippen molar-refractivity contribution in [1.82, 2.24) is 9.88 Å². The summed E-state index contributed by atoms with van der Waals surface area (Å²) in [6, 6.07) is 14.1. The van der Waals surface area contributed by atoms with E-state index in [0.717, 1.165) is 20.9 Å². The molecule has 3 amide bonds. The number of carbonyl (C=O) groups is 3. The zero-order valence-electron chi connectivity index (χ0n) is 17.4. The summed E-state index contributed by atoms with van der Waals surface area (Å²) < 4.78 is 6.71. The molecule has 1 aliphatic heterocycles. The highest BCUT2D eigenvalue weighted by atomic mass is 32.1. The lowest BCUT2D eigenvalue weighted by atomic mass is 9.85. The highest BCUT2D eigenvalue weighted by Gasteiger charge is 2.50. The molecule has 2 aromatic carbocycles. The van der Waals surface area contributed by atoms with Crippen LogP contribution in [0.15, 0.2) is 60.7 Å². The Balaban J connectivity index is 1.30. The van der Waals surface area contributed by atoms with Gasteiger partial charge in [-0.2, -0.15) is 0 Å². The van der Waals surface area contributed by atoms with E-state index in [2.05, 4.69) is 10.3 Å². The molecule has 0 saturated carbocycles. The molecule has 1 N–H and O–H groups in total. The van der Waals surface area contributed by atoms with E-state index >= 15 is 0 Å². The molecule has 8 heteroatoms. The van der Waals surface area contributed by atoms with E-state index in [-0.39, 0.29) is 23.7 Å². The summed E-state index contributed by atoms with van der Waals surface area (Å²) in [5.74, 6) is -0.268. The first-order valence-corrected chi connectivity index (χ1v) is 11.3. The summed E-state index contributed by atoms with van der Waals surface area (Å²) in [6.45, 7) is 1.58. The highest BCUT2D eigenvalue weighted by molar-refractivity contribution is 7.22. The Labute approximate surface area is 188 Å². The van der Waals surface area contributed by atoms with Gasteiger partial charge in [0, 0.05) is 6.07 Å². The summed E-state index contributed by atoms with van der Waals surface area (Å²) in [5, 5.41) is 3.17. The number of benzene rings is 2. The number of aromatic nitrogens is 1. The topological polar surface area (TPSA) is 88.6 Å². The molecule has 2 aliphatic rings. The number of nitrogens with one attached hydrogen (secondary N) is 1. The summed E-state index contributed by atoms with van der Waals surface area (Å²) in [4.78, 5) is 43.9. The molecule has 0 unspecified atom stereocenters. The van der Waals surface area contributed by atoms with Crippen molar-refractivity contribution in [3.05, 3.63) is 60.7 Å². The molecular formula is C24H21N3O4S. The molecule has 32 heavy (non-hydrogen) atoms. The first-order valence-electron chi connectivity index (χ1n) is 10.5. The molecule has 1 aliphatic carbocycles. The Morgan fingerprint density at radius 1 is 1.06 bits per heavy atom. The van der Waals surface area contributed by atoms with E-state index in [0.29, 0.717) is 23.7 Å². The maximum Gasteiger partial charge on any atom is 0.249 e. The third-order valence-corrected chi connectivity index (χ3v) is 6.81. The maximum atomic E-state index is 12.9. The van der Waals surface area contributed by atoms with Crippen molar-refractivity contribution in [2.45, 2.75) is 25.8 Å².